The molecule has 0 spiro atoms. The van der Waals surface area contributed by atoms with Crippen LogP contribution in [0.5, 0.6) is 0 Å². The zero-order valence-corrected chi connectivity index (χ0v) is 13.0. The van der Waals surface area contributed by atoms with Crippen molar-refractivity contribution in [2.24, 2.45) is 17.8 Å². The lowest BCUT2D eigenvalue weighted by molar-refractivity contribution is 0.266. The summed E-state index contributed by atoms with van der Waals surface area (Å²) in [5.74, 6) is 2.38. The van der Waals surface area contributed by atoms with Crippen LogP contribution in [-0.2, 0) is 6.54 Å². The van der Waals surface area contributed by atoms with E-state index < -0.39 is 0 Å². The third-order valence-electron chi connectivity index (χ3n) is 5.11. The number of nitrogens with one attached hydrogen (secondary N) is 1. The topological polar surface area (TPSA) is 67.2 Å². The van der Waals surface area contributed by atoms with Crippen molar-refractivity contribution < 1.29 is 5.11 Å². The van der Waals surface area contributed by atoms with E-state index in [1.165, 1.54) is 30.4 Å². The number of hydrogen-bond donors (Lipinski definition) is 2. The Morgan fingerprint density at radius 2 is 2.33 bits per heavy atom. The van der Waals surface area contributed by atoms with E-state index in [2.05, 4.69) is 17.3 Å². The number of aliphatic hydroxyl groups excluding tert-OH is 1. The summed E-state index contributed by atoms with van der Waals surface area (Å²) in [5.41, 5.74) is 0.252. The van der Waals surface area contributed by atoms with Gasteiger partial charge in [-0.05, 0) is 43.9 Å². The number of anilines is 1. The molecule has 2 aliphatic rings. The molecule has 2 saturated carbocycles. The van der Waals surface area contributed by atoms with Crippen LogP contribution in [-0.4, -0.2) is 27.5 Å². The van der Waals surface area contributed by atoms with Gasteiger partial charge in [0.1, 0.15) is 5.02 Å². The van der Waals surface area contributed by atoms with Crippen molar-refractivity contribution in [2.75, 3.05) is 11.9 Å². The van der Waals surface area contributed by atoms with Gasteiger partial charge in [-0.2, -0.15) is 5.10 Å². The molecule has 0 radical (unpaired) electrons. The van der Waals surface area contributed by atoms with Crippen LogP contribution in [0.3, 0.4) is 0 Å². The van der Waals surface area contributed by atoms with Crippen LogP contribution >= 0.6 is 11.6 Å². The van der Waals surface area contributed by atoms with E-state index in [0.29, 0.717) is 17.6 Å². The first kappa shape index (κ1) is 14.9. The molecule has 1 aromatic rings. The molecule has 0 saturated heterocycles. The Morgan fingerprint density at radius 3 is 2.95 bits per heavy atom. The van der Waals surface area contributed by atoms with Crippen LogP contribution in [0.25, 0.3) is 0 Å². The molecule has 2 bridgehead atoms. The first-order chi connectivity index (χ1) is 10.1. The van der Waals surface area contributed by atoms with Crippen LogP contribution < -0.4 is 10.9 Å². The lowest BCUT2D eigenvalue weighted by atomic mass is 9.84. The monoisotopic (exact) mass is 311 g/mol. The van der Waals surface area contributed by atoms with Crippen LogP contribution in [0.2, 0.25) is 5.02 Å². The minimum absolute atomic E-state index is 0.127. The second-order valence-electron chi connectivity index (χ2n) is 6.40. The highest BCUT2D eigenvalue weighted by Crippen LogP contribution is 2.49. The number of nitrogens with zero attached hydrogens (tertiary/aromatic N) is 2. The maximum Gasteiger partial charge on any atom is 0.287 e. The molecule has 4 unspecified atom stereocenters. The zero-order chi connectivity index (χ0) is 15.0. The van der Waals surface area contributed by atoms with Gasteiger partial charge >= 0.3 is 0 Å². The largest absolute Gasteiger partial charge is 0.394 e. The van der Waals surface area contributed by atoms with E-state index in [4.69, 9.17) is 16.7 Å². The highest BCUT2D eigenvalue weighted by atomic mass is 35.5. The molecular weight excluding hydrogens is 290 g/mol. The summed E-state index contributed by atoms with van der Waals surface area (Å²) in [6.07, 6.45) is 6.95. The highest BCUT2D eigenvalue weighted by Gasteiger charge is 2.41. The fourth-order valence-electron chi connectivity index (χ4n) is 4.08. The van der Waals surface area contributed by atoms with E-state index in [0.717, 1.165) is 11.8 Å². The first-order valence-electron chi connectivity index (χ1n) is 7.73. The molecule has 1 heterocycles. The lowest BCUT2D eigenvalue weighted by Gasteiger charge is -2.29. The number of fused-ring (bicyclic) bond motifs is 2. The fourth-order valence-corrected chi connectivity index (χ4v) is 4.28. The van der Waals surface area contributed by atoms with Gasteiger partial charge in [0.05, 0.1) is 25.0 Å². The van der Waals surface area contributed by atoms with Crippen molar-refractivity contribution in [3.8, 4) is 0 Å². The van der Waals surface area contributed by atoms with Gasteiger partial charge in [0.25, 0.3) is 5.56 Å². The Bertz CT molecular complexity index is 575. The molecule has 0 aliphatic heterocycles. The van der Waals surface area contributed by atoms with Crippen molar-refractivity contribution in [3.63, 3.8) is 0 Å². The molecule has 0 aromatic carbocycles. The molecule has 6 heteroatoms. The molecule has 4 atom stereocenters. The Kier molecular flexibility index (Phi) is 4.22. The van der Waals surface area contributed by atoms with Gasteiger partial charge in [0.15, 0.2) is 0 Å². The number of rotatable bonds is 5. The predicted octanol–water partition coefficient (Wildman–Crippen LogP) is 2.13. The number of aliphatic hydroxyl groups is 1. The minimum atomic E-state index is -0.351. The Balaban J connectivity index is 1.73. The summed E-state index contributed by atoms with van der Waals surface area (Å²) in [5, 5.41) is 16.5. The SMILES string of the molecule is CC(Nc1cnn(CCO)c(=O)c1Cl)C1CC2CCC1C2. The summed E-state index contributed by atoms with van der Waals surface area (Å²) in [4.78, 5) is 12.0. The fraction of sp³-hybridized carbons (Fsp3) is 0.733. The van der Waals surface area contributed by atoms with Gasteiger partial charge in [-0.3, -0.25) is 4.79 Å². The highest BCUT2D eigenvalue weighted by molar-refractivity contribution is 6.32. The maximum atomic E-state index is 12.0. The molecule has 116 valence electrons. The first-order valence-corrected chi connectivity index (χ1v) is 8.11. The van der Waals surface area contributed by atoms with Gasteiger partial charge in [-0.25, -0.2) is 4.68 Å². The van der Waals surface area contributed by atoms with E-state index >= 15 is 0 Å². The molecule has 0 amide bonds. The summed E-state index contributed by atoms with van der Waals surface area (Å²) in [6, 6.07) is 0.299. The second kappa shape index (κ2) is 5.97. The average Bonchev–Trinajstić information content (AvgIpc) is 3.09. The maximum absolute atomic E-state index is 12.0. The average molecular weight is 312 g/mol. The minimum Gasteiger partial charge on any atom is -0.394 e. The van der Waals surface area contributed by atoms with E-state index in [1.807, 2.05) is 0 Å². The Labute approximate surface area is 129 Å². The summed E-state index contributed by atoms with van der Waals surface area (Å²) >= 11 is 6.15. The Morgan fingerprint density at radius 1 is 1.52 bits per heavy atom. The van der Waals surface area contributed by atoms with E-state index in [1.54, 1.807) is 6.20 Å². The van der Waals surface area contributed by atoms with Gasteiger partial charge in [0, 0.05) is 6.04 Å². The quantitative estimate of drug-likeness (QED) is 0.874. The van der Waals surface area contributed by atoms with Crippen LogP contribution in [0.15, 0.2) is 11.0 Å². The van der Waals surface area contributed by atoms with Crippen molar-refractivity contribution in [3.05, 3.63) is 21.6 Å². The van der Waals surface area contributed by atoms with Gasteiger partial charge in [-0.1, -0.05) is 18.0 Å². The standard InChI is InChI=1S/C15H22ClN3O2/c1-9(12-7-10-2-3-11(12)6-10)18-13-8-17-19(4-5-20)15(21)14(13)16/h8-12,18,20H,2-7H2,1H3. The van der Waals surface area contributed by atoms with Crippen LogP contribution in [0.4, 0.5) is 5.69 Å². The molecule has 3 rings (SSSR count). The van der Waals surface area contributed by atoms with Crippen molar-refractivity contribution in [1.82, 2.24) is 9.78 Å². The summed E-state index contributed by atoms with van der Waals surface area (Å²) in [6.45, 7) is 2.21. The molecule has 2 N–H and O–H groups in total. The lowest BCUT2D eigenvalue weighted by Crippen LogP contribution is -2.32. The van der Waals surface area contributed by atoms with Crippen molar-refractivity contribution >= 4 is 17.3 Å². The van der Waals surface area contributed by atoms with Crippen molar-refractivity contribution in [2.45, 2.75) is 45.2 Å². The number of hydrogen-bond acceptors (Lipinski definition) is 4. The molecule has 21 heavy (non-hydrogen) atoms. The molecule has 1 aromatic heterocycles. The molecule has 2 aliphatic carbocycles. The van der Waals surface area contributed by atoms with Gasteiger partial charge < -0.3 is 10.4 Å². The van der Waals surface area contributed by atoms with Gasteiger partial charge in [0.2, 0.25) is 0 Å². The third-order valence-corrected chi connectivity index (χ3v) is 5.48. The zero-order valence-electron chi connectivity index (χ0n) is 12.3. The third kappa shape index (κ3) is 2.81. The molecular formula is C15H22ClN3O2. The van der Waals surface area contributed by atoms with Crippen molar-refractivity contribution in [1.29, 1.82) is 0 Å². The summed E-state index contributed by atoms with van der Waals surface area (Å²) in [7, 11) is 0. The number of halogens is 1. The summed E-state index contributed by atoms with van der Waals surface area (Å²) < 4.78 is 1.19. The normalized spacial score (nSPS) is 28.8. The van der Waals surface area contributed by atoms with E-state index in [-0.39, 0.29) is 23.7 Å². The molecule has 5 nitrogen and oxygen atoms in total. The van der Waals surface area contributed by atoms with Crippen LogP contribution in [0, 0.1) is 17.8 Å². The Hall–Kier alpha value is -1.07. The molecule has 2 fully saturated rings. The van der Waals surface area contributed by atoms with Crippen LogP contribution in [0.1, 0.15) is 32.6 Å². The van der Waals surface area contributed by atoms with E-state index in [9.17, 15) is 4.79 Å². The second-order valence-corrected chi connectivity index (χ2v) is 6.77. The van der Waals surface area contributed by atoms with Gasteiger partial charge in [-0.15, -0.1) is 0 Å². The smallest absolute Gasteiger partial charge is 0.287 e. The predicted molar refractivity (Wildman–Crippen MR) is 82.6 cm³/mol. The number of aromatic nitrogens is 2.